The summed E-state index contributed by atoms with van der Waals surface area (Å²) in [4.78, 5) is 2.33. The predicted octanol–water partition coefficient (Wildman–Crippen LogP) is 0.884. The first-order valence-electron chi connectivity index (χ1n) is 6.58. The largest absolute Gasteiger partial charge is 0.312 e. The van der Waals surface area contributed by atoms with Gasteiger partial charge in [-0.05, 0) is 26.8 Å². The zero-order valence-electron chi connectivity index (χ0n) is 11.3. The number of rotatable bonds is 7. The molecule has 1 saturated heterocycles. The molecule has 102 valence electrons. The van der Waals surface area contributed by atoms with Gasteiger partial charge >= 0.3 is 0 Å². The van der Waals surface area contributed by atoms with Gasteiger partial charge in [-0.1, -0.05) is 13.3 Å². The van der Waals surface area contributed by atoms with Gasteiger partial charge in [-0.25, -0.2) is 8.42 Å². The van der Waals surface area contributed by atoms with Gasteiger partial charge in [0.15, 0.2) is 9.84 Å². The number of nitrogens with one attached hydrogen (secondary N) is 1. The van der Waals surface area contributed by atoms with E-state index in [-0.39, 0.29) is 6.04 Å². The predicted molar refractivity (Wildman–Crippen MR) is 72.1 cm³/mol. The van der Waals surface area contributed by atoms with Crippen LogP contribution < -0.4 is 5.32 Å². The van der Waals surface area contributed by atoms with Gasteiger partial charge in [-0.15, -0.1) is 0 Å². The van der Waals surface area contributed by atoms with Crippen LogP contribution in [0, 0.1) is 0 Å². The topological polar surface area (TPSA) is 49.4 Å². The molecule has 0 aliphatic carbocycles. The zero-order valence-corrected chi connectivity index (χ0v) is 12.1. The van der Waals surface area contributed by atoms with Gasteiger partial charge in [0.25, 0.3) is 0 Å². The van der Waals surface area contributed by atoms with E-state index in [1.165, 1.54) is 12.8 Å². The molecule has 1 rings (SSSR count). The maximum absolute atomic E-state index is 11.3. The second kappa shape index (κ2) is 6.71. The third-order valence-corrected chi connectivity index (χ3v) is 5.36. The molecule has 2 unspecified atom stereocenters. The van der Waals surface area contributed by atoms with Crippen LogP contribution in [0.15, 0.2) is 0 Å². The van der Waals surface area contributed by atoms with E-state index in [0.29, 0.717) is 17.5 Å². The Kier molecular flexibility index (Phi) is 5.89. The van der Waals surface area contributed by atoms with Crippen molar-refractivity contribution < 1.29 is 8.42 Å². The van der Waals surface area contributed by atoms with Gasteiger partial charge in [0.05, 0.1) is 11.5 Å². The third-order valence-electron chi connectivity index (χ3n) is 3.59. The summed E-state index contributed by atoms with van der Waals surface area (Å²) in [7, 11) is -0.615. The minimum Gasteiger partial charge on any atom is -0.312 e. The SMILES string of the molecule is CCCC(C)N(C)CCNC1CCS(=O)(=O)C1. The molecule has 2 atom stereocenters. The summed E-state index contributed by atoms with van der Waals surface area (Å²) in [5.41, 5.74) is 0. The Hall–Kier alpha value is -0.130. The lowest BCUT2D eigenvalue weighted by atomic mass is 10.2. The Bertz CT molecular complexity index is 316. The third kappa shape index (κ3) is 5.36. The fourth-order valence-corrected chi connectivity index (χ4v) is 3.97. The van der Waals surface area contributed by atoms with Crippen LogP contribution in [0.1, 0.15) is 33.1 Å². The normalized spacial score (nSPS) is 25.3. The summed E-state index contributed by atoms with van der Waals surface area (Å²) in [6.45, 7) is 6.30. The maximum atomic E-state index is 11.3. The van der Waals surface area contributed by atoms with Crippen molar-refractivity contribution in [3.8, 4) is 0 Å². The number of hydrogen-bond donors (Lipinski definition) is 1. The first kappa shape index (κ1) is 14.9. The van der Waals surface area contributed by atoms with E-state index < -0.39 is 9.84 Å². The molecule has 0 spiro atoms. The van der Waals surface area contributed by atoms with Crippen molar-refractivity contribution in [1.82, 2.24) is 10.2 Å². The summed E-state index contributed by atoms with van der Waals surface area (Å²) in [6.07, 6.45) is 3.20. The van der Waals surface area contributed by atoms with Gasteiger partial charge in [-0.2, -0.15) is 0 Å². The van der Waals surface area contributed by atoms with Crippen LogP contribution in [0.5, 0.6) is 0 Å². The van der Waals surface area contributed by atoms with E-state index in [4.69, 9.17) is 0 Å². The molecule has 1 fully saturated rings. The van der Waals surface area contributed by atoms with Crippen molar-refractivity contribution in [2.45, 2.75) is 45.2 Å². The van der Waals surface area contributed by atoms with Gasteiger partial charge in [-0.3, -0.25) is 0 Å². The summed E-state index contributed by atoms with van der Waals surface area (Å²) < 4.78 is 22.6. The molecule has 1 N–H and O–H groups in total. The number of likely N-dealkylation sites (N-methyl/N-ethyl adjacent to an activating group) is 1. The summed E-state index contributed by atoms with van der Waals surface area (Å²) in [5, 5.41) is 3.34. The fourth-order valence-electron chi connectivity index (χ4n) is 2.26. The molecule has 17 heavy (non-hydrogen) atoms. The van der Waals surface area contributed by atoms with Crippen LogP contribution >= 0.6 is 0 Å². The molecule has 5 heteroatoms. The van der Waals surface area contributed by atoms with Crippen LogP contribution in [0.3, 0.4) is 0 Å². The zero-order chi connectivity index (χ0) is 12.9. The lowest BCUT2D eigenvalue weighted by molar-refractivity contribution is 0.242. The first-order valence-corrected chi connectivity index (χ1v) is 8.41. The van der Waals surface area contributed by atoms with Gasteiger partial charge in [0, 0.05) is 25.2 Å². The molecular weight excluding hydrogens is 236 g/mol. The molecule has 0 amide bonds. The molecule has 0 radical (unpaired) electrons. The molecule has 0 saturated carbocycles. The van der Waals surface area contributed by atoms with Crippen LogP contribution in [-0.4, -0.2) is 57.0 Å². The van der Waals surface area contributed by atoms with Crippen LogP contribution in [0.25, 0.3) is 0 Å². The maximum Gasteiger partial charge on any atom is 0.151 e. The smallest absolute Gasteiger partial charge is 0.151 e. The van der Waals surface area contributed by atoms with Crippen molar-refractivity contribution in [2.24, 2.45) is 0 Å². The highest BCUT2D eigenvalue weighted by Crippen LogP contribution is 2.11. The Balaban J connectivity index is 2.16. The molecule has 0 aromatic rings. The number of sulfone groups is 1. The van der Waals surface area contributed by atoms with E-state index >= 15 is 0 Å². The van der Waals surface area contributed by atoms with Crippen molar-refractivity contribution >= 4 is 9.84 Å². The Labute approximate surface area is 106 Å². The van der Waals surface area contributed by atoms with Gasteiger partial charge < -0.3 is 10.2 Å². The summed E-state index contributed by atoms with van der Waals surface area (Å²) in [5.74, 6) is 0.675. The lowest BCUT2D eigenvalue weighted by Gasteiger charge is -2.25. The molecule has 1 aliphatic rings. The van der Waals surface area contributed by atoms with Crippen LogP contribution in [-0.2, 0) is 9.84 Å². The van der Waals surface area contributed by atoms with Crippen molar-refractivity contribution in [3.63, 3.8) is 0 Å². The molecular formula is C12H26N2O2S. The average molecular weight is 262 g/mol. The standard InChI is InChI=1S/C12H26N2O2S/c1-4-5-11(2)14(3)8-7-13-12-6-9-17(15,16)10-12/h11-13H,4-10H2,1-3H3. The second-order valence-electron chi connectivity index (χ2n) is 5.17. The molecule has 0 bridgehead atoms. The second-order valence-corrected chi connectivity index (χ2v) is 7.40. The molecule has 0 aromatic heterocycles. The van der Waals surface area contributed by atoms with Crippen molar-refractivity contribution in [1.29, 1.82) is 0 Å². The van der Waals surface area contributed by atoms with Crippen molar-refractivity contribution in [2.75, 3.05) is 31.6 Å². The Morgan fingerprint density at radius 2 is 2.18 bits per heavy atom. The lowest BCUT2D eigenvalue weighted by Crippen LogP contribution is -2.39. The summed E-state index contributed by atoms with van der Waals surface area (Å²) in [6, 6.07) is 0.781. The van der Waals surface area contributed by atoms with Crippen molar-refractivity contribution in [3.05, 3.63) is 0 Å². The van der Waals surface area contributed by atoms with E-state index in [0.717, 1.165) is 19.5 Å². The summed E-state index contributed by atoms with van der Waals surface area (Å²) >= 11 is 0. The highest BCUT2D eigenvalue weighted by atomic mass is 32.2. The fraction of sp³-hybridized carbons (Fsp3) is 1.00. The molecule has 1 heterocycles. The number of nitrogens with zero attached hydrogens (tertiary/aromatic N) is 1. The van der Waals surface area contributed by atoms with E-state index in [9.17, 15) is 8.42 Å². The highest BCUT2D eigenvalue weighted by Gasteiger charge is 2.27. The minimum absolute atomic E-state index is 0.176. The minimum atomic E-state index is -2.75. The van der Waals surface area contributed by atoms with E-state index in [1.54, 1.807) is 0 Å². The Morgan fingerprint density at radius 1 is 1.47 bits per heavy atom. The first-order chi connectivity index (χ1) is 7.94. The van der Waals surface area contributed by atoms with Gasteiger partial charge in [0.1, 0.15) is 0 Å². The van der Waals surface area contributed by atoms with Crippen LogP contribution in [0.4, 0.5) is 0 Å². The number of hydrogen-bond acceptors (Lipinski definition) is 4. The van der Waals surface area contributed by atoms with Gasteiger partial charge in [0.2, 0.25) is 0 Å². The van der Waals surface area contributed by atoms with Crippen LogP contribution in [0.2, 0.25) is 0 Å². The van der Waals surface area contributed by atoms with E-state index in [1.807, 2.05) is 0 Å². The average Bonchev–Trinajstić information content (AvgIpc) is 2.58. The quantitative estimate of drug-likeness (QED) is 0.740. The highest BCUT2D eigenvalue weighted by molar-refractivity contribution is 7.91. The molecule has 0 aromatic carbocycles. The Morgan fingerprint density at radius 3 is 2.71 bits per heavy atom. The molecule has 1 aliphatic heterocycles. The molecule has 4 nitrogen and oxygen atoms in total. The monoisotopic (exact) mass is 262 g/mol. The van der Waals surface area contributed by atoms with E-state index in [2.05, 4.69) is 31.1 Å².